The summed E-state index contributed by atoms with van der Waals surface area (Å²) >= 11 is 0. The van der Waals surface area contributed by atoms with Crippen LogP contribution < -0.4 is 15.2 Å². The van der Waals surface area contributed by atoms with Crippen molar-refractivity contribution in [2.24, 2.45) is 5.73 Å². The Hall–Kier alpha value is -2.82. The second kappa shape index (κ2) is 6.16. The highest BCUT2D eigenvalue weighted by Crippen LogP contribution is 2.59. The van der Waals surface area contributed by atoms with Crippen molar-refractivity contribution < 1.29 is 19.1 Å². The first kappa shape index (κ1) is 16.6. The van der Waals surface area contributed by atoms with E-state index in [0.29, 0.717) is 23.1 Å². The smallest absolute Gasteiger partial charge is 0.249 e. The molecule has 2 aliphatic carbocycles. The molecule has 2 N–H and O–H groups in total. The largest absolute Gasteiger partial charge is 0.496 e. The molecule has 2 aromatic rings. The van der Waals surface area contributed by atoms with Gasteiger partial charge in [0.2, 0.25) is 5.91 Å². The molecule has 0 aromatic heterocycles. The molecule has 2 bridgehead atoms. The molecular weight excluding hydrogens is 330 g/mol. The van der Waals surface area contributed by atoms with Gasteiger partial charge in [-0.1, -0.05) is 18.2 Å². The van der Waals surface area contributed by atoms with Crippen LogP contribution in [0.5, 0.6) is 11.5 Å². The fourth-order valence-corrected chi connectivity index (χ4v) is 4.61. The molecule has 2 unspecified atom stereocenters. The van der Waals surface area contributed by atoms with Gasteiger partial charge in [-0.25, -0.2) is 0 Å². The first-order valence-corrected chi connectivity index (χ1v) is 8.79. The summed E-state index contributed by atoms with van der Waals surface area (Å²) in [7, 11) is 3.21. The molecule has 0 radical (unpaired) electrons. The van der Waals surface area contributed by atoms with Crippen molar-refractivity contribution in [2.75, 3.05) is 14.2 Å². The van der Waals surface area contributed by atoms with Crippen molar-refractivity contribution in [2.45, 2.75) is 31.1 Å². The van der Waals surface area contributed by atoms with Crippen LogP contribution in [0.2, 0.25) is 0 Å². The van der Waals surface area contributed by atoms with E-state index in [0.717, 1.165) is 30.6 Å². The summed E-state index contributed by atoms with van der Waals surface area (Å²) in [4.78, 5) is 25.0. The van der Waals surface area contributed by atoms with Gasteiger partial charge in [-0.05, 0) is 43.2 Å². The van der Waals surface area contributed by atoms with Crippen molar-refractivity contribution >= 4 is 11.7 Å². The predicted octanol–water partition coefficient (Wildman–Crippen LogP) is 3.40. The molecule has 2 aromatic carbocycles. The van der Waals surface area contributed by atoms with E-state index in [1.54, 1.807) is 44.6 Å². The van der Waals surface area contributed by atoms with E-state index < -0.39 is 5.91 Å². The van der Waals surface area contributed by atoms with Crippen molar-refractivity contribution in [3.8, 4) is 11.5 Å². The van der Waals surface area contributed by atoms with Gasteiger partial charge in [0.05, 0.1) is 25.3 Å². The van der Waals surface area contributed by atoms with Crippen LogP contribution in [0.25, 0.3) is 0 Å². The third-order valence-electron chi connectivity index (χ3n) is 5.68. The molecule has 1 saturated carbocycles. The Morgan fingerprint density at radius 3 is 2.23 bits per heavy atom. The van der Waals surface area contributed by atoms with Crippen LogP contribution in [0, 0.1) is 0 Å². The van der Waals surface area contributed by atoms with Crippen molar-refractivity contribution in [3.63, 3.8) is 0 Å². The minimum atomic E-state index is -0.625. The molecule has 134 valence electrons. The molecule has 4 rings (SSSR count). The number of benzene rings is 2. The summed E-state index contributed by atoms with van der Waals surface area (Å²) < 4.78 is 11.3. The zero-order valence-corrected chi connectivity index (χ0v) is 14.9. The van der Waals surface area contributed by atoms with Gasteiger partial charge in [0.1, 0.15) is 11.5 Å². The zero-order valence-electron chi connectivity index (χ0n) is 14.9. The second-order valence-corrected chi connectivity index (χ2v) is 6.93. The van der Waals surface area contributed by atoms with Crippen molar-refractivity contribution in [3.05, 3.63) is 58.1 Å². The minimum absolute atomic E-state index is 0.209. The van der Waals surface area contributed by atoms with Gasteiger partial charge < -0.3 is 15.2 Å². The standard InChI is InChI=1S/C21H21NO4/c1-25-16-10-15(19(23)13-5-3-4-6-14(13)21(22)24)20(26-2)18-12-8-7-11(9-12)17(16)18/h3-6,10-12H,7-9H2,1-2H3,(H2,22,24). The van der Waals surface area contributed by atoms with E-state index in [2.05, 4.69) is 0 Å². The van der Waals surface area contributed by atoms with Crippen LogP contribution in [0.1, 0.15) is 68.5 Å². The van der Waals surface area contributed by atoms with Gasteiger partial charge in [-0.2, -0.15) is 0 Å². The highest BCUT2D eigenvalue weighted by molar-refractivity contribution is 6.16. The number of hydrogen-bond acceptors (Lipinski definition) is 4. The summed E-state index contributed by atoms with van der Waals surface area (Å²) in [5.74, 6) is 1.31. The van der Waals surface area contributed by atoms with Crippen molar-refractivity contribution in [1.82, 2.24) is 0 Å². The Morgan fingerprint density at radius 2 is 1.62 bits per heavy atom. The third-order valence-corrected chi connectivity index (χ3v) is 5.68. The molecule has 0 saturated heterocycles. The third kappa shape index (κ3) is 2.30. The van der Waals surface area contributed by atoms with E-state index in [1.165, 1.54) is 5.56 Å². The number of hydrogen-bond donors (Lipinski definition) is 1. The monoisotopic (exact) mass is 351 g/mol. The Balaban J connectivity index is 1.92. The molecule has 1 fully saturated rings. The lowest BCUT2D eigenvalue weighted by molar-refractivity contribution is 0.0980. The summed E-state index contributed by atoms with van der Waals surface area (Å²) in [5.41, 5.74) is 8.64. The first-order valence-electron chi connectivity index (χ1n) is 8.79. The number of primary amides is 1. The van der Waals surface area contributed by atoms with Crippen LogP contribution >= 0.6 is 0 Å². The quantitative estimate of drug-likeness (QED) is 0.838. The fourth-order valence-electron chi connectivity index (χ4n) is 4.61. The predicted molar refractivity (Wildman–Crippen MR) is 97.3 cm³/mol. The number of fused-ring (bicyclic) bond motifs is 5. The lowest BCUT2D eigenvalue weighted by Crippen LogP contribution is -2.18. The Morgan fingerprint density at radius 1 is 0.962 bits per heavy atom. The SMILES string of the molecule is COc1cc(C(=O)c2ccccc2C(N)=O)c(OC)c2c1C1CCC2C1. The molecular formula is C21H21NO4. The van der Waals surface area contributed by atoms with Gasteiger partial charge in [-0.15, -0.1) is 0 Å². The van der Waals surface area contributed by atoms with Crippen LogP contribution in [0.4, 0.5) is 0 Å². The molecule has 1 amide bonds. The number of rotatable bonds is 5. The normalized spacial score (nSPS) is 19.9. The number of amides is 1. The number of ketones is 1. The molecule has 2 atom stereocenters. The van der Waals surface area contributed by atoms with E-state index in [1.807, 2.05) is 0 Å². The van der Waals surface area contributed by atoms with Gasteiger partial charge in [0.15, 0.2) is 5.78 Å². The average Bonchev–Trinajstić information content (AvgIpc) is 3.28. The Bertz CT molecular complexity index is 918. The number of carbonyl (C=O) groups excluding carboxylic acids is 2. The van der Waals surface area contributed by atoms with Gasteiger partial charge >= 0.3 is 0 Å². The first-order chi connectivity index (χ1) is 12.6. The van der Waals surface area contributed by atoms with E-state index in [-0.39, 0.29) is 16.9 Å². The van der Waals surface area contributed by atoms with Crippen molar-refractivity contribution in [1.29, 1.82) is 0 Å². The molecule has 0 aliphatic heterocycles. The van der Waals surface area contributed by atoms with E-state index in [4.69, 9.17) is 15.2 Å². The number of carbonyl (C=O) groups is 2. The molecule has 5 heteroatoms. The van der Waals surface area contributed by atoms with Crippen LogP contribution in [-0.2, 0) is 0 Å². The molecule has 2 aliphatic rings. The Kier molecular flexibility index (Phi) is 3.94. The summed E-state index contributed by atoms with van der Waals surface area (Å²) in [6.07, 6.45) is 3.33. The maximum Gasteiger partial charge on any atom is 0.249 e. The molecule has 26 heavy (non-hydrogen) atoms. The summed E-state index contributed by atoms with van der Waals surface area (Å²) in [6.45, 7) is 0. The van der Waals surface area contributed by atoms with Gasteiger partial charge in [-0.3, -0.25) is 9.59 Å². The second-order valence-electron chi connectivity index (χ2n) is 6.93. The van der Waals surface area contributed by atoms with Crippen LogP contribution in [0.15, 0.2) is 30.3 Å². The number of methoxy groups -OCH3 is 2. The Labute approximate surface area is 152 Å². The lowest BCUT2D eigenvalue weighted by atomic mass is 9.86. The lowest BCUT2D eigenvalue weighted by Gasteiger charge is -2.23. The maximum absolute atomic E-state index is 13.3. The van der Waals surface area contributed by atoms with Gasteiger partial charge in [0, 0.05) is 16.7 Å². The van der Waals surface area contributed by atoms with Crippen LogP contribution in [-0.4, -0.2) is 25.9 Å². The summed E-state index contributed by atoms with van der Waals surface area (Å²) in [6, 6.07) is 8.34. The van der Waals surface area contributed by atoms with Crippen LogP contribution in [0.3, 0.4) is 0 Å². The molecule has 5 nitrogen and oxygen atoms in total. The van der Waals surface area contributed by atoms with E-state index in [9.17, 15) is 9.59 Å². The topological polar surface area (TPSA) is 78.6 Å². The van der Waals surface area contributed by atoms with E-state index >= 15 is 0 Å². The summed E-state index contributed by atoms with van der Waals surface area (Å²) in [5, 5.41) is 0. The fraction of sp³-hybridized carbons (Fsp3) is 0.333. The number of nitrogens with two attached hydrogens (primary N) is 1. The molecule has 0 heterocycles. The maximum atomic E-state index is 13.3. The average molecular weight is 351 g/mol. The van der Waals surface area contributed by atoms with Gasteiger partial charge in [0.25, 0.3) is 0 Å². The zero-order chi connectivity index (χ0) is 18.4. The number of ether oxygens (including phenoxy) is 2. The minimum Gasteiger partial charge on any atom is -0.496 e. The highest BCUT2D eigenvalue weighted by atomic mass is 16.5. The molecule has 0 spiro atoms. The highest BCUT2D eigenvalue weighted by Gasteiger charge is 2.43.